The van der Waals surface area contributed by atoms with Crippen LogP contribution in [-0.2, 0) is 16.4 Å². The first kappa shape index (κ1) is 13.1. The van der Waals surface area contributed by atoms with Gasteiger partial charge in [-0.25, -0.2) is 18.2 Å². The molecule has 1 fully saturated rings. The van der Waals surface area contributed by atoms with Crippen molar-refractivity contribution in [1.82, 2.24) is 9.55 Å². The maximum absolute atomic E-state index is 11.9. The van der Waals surface area contributed by atoms with Gasteiger partial charge in [0, 0.05) is 6.54 Å². The van der Waals surface area contributed by atoms with Crippen LogP contribution < -0.4 is 0 Å². The van der Waals surface area contributed by atoms with Crippen LogP contribution in [-0.4, -0.2) is 40.0 Å². The van der Waals surface area contributed by atoms with Crippen molar-refractivity contribution in [3.63, 3.8) is 0 Å². The third kappa shape index (κ3) is 2.18. The monoisotopic (exact) mass is 294 g/mol. The SMILES string of the molecule is O=C(O)c1ccc2ncn(CC3CCCS3(=O)=O)c2c1. The van der Waals surface area contributed by atoms with Crippen LogP contribution in [0.3, 0.4) is 0 Å². The van der Waals surface area contributed by atoms with E-state index in [1.807, 2.05) is 0 Å². The minimum Gasteiger partial charge on any atom is -0.478 e. The fourth-order valence-corrected chi connectivity index (χ4v) is 4.43. The van der Waals surface area contributed by atoms with Gasteiger partial charge < -0.3 is 9.67 Å². The van der Waals surface area contributed by atoms with Crippen LogP contribution in [0.15, 0.2) is 24.5 Å². The maximum atomic E-state index is 11.9. The number of carboxylic acids is 1. The number of sulfone groups is 1. The second-order valence-corrected chi connectivity index (χ2v) is 7.44. The van der Waals surface area contributed by atoms with E-state index >= 15 is 0 Å². The molecule has 0 bridgehead atoms. The number of nitrogens with zero attached hydrogens (tertiary/aromatic N) is 2. The van der Waals surface area contributed by atoms with Crippen LogP contribution in [0.4, 0.5) is 0 Å². The molecule has 1 aromatic heterocycles. The molecule has 20 heavy (non-hydrogen) atoms. The highest BCUT2D eigenvalue weighted by Gasteiger charge is 2.31. The lowest BCUT2D eigenvalue weighted by Gasteiger charge is -2.11. The van der Waals surface area contributed by atoms with Crippen LogP contribution in [0, 0.1) is 0 Å². The van der Waals surface area contributed by atoms with Gasteiger partial charge in [-0.15, -0.1) is 0 Å². The number of carbonyl (C=O) groups is 1. The molecular formula is C13H14N2O4S. The van der Waals surface area contributed by atoms with Gasteiger partial charge in [0.05, 0.1) is 33.9 Å². The van der Waals surface area contributed by atoms with Gasteiger partial charge in [-0.05, 0) is 31.0 Å². The summed E-state index contributed by atoms with van der Waals surface area (Å²) in [6, 6.07) is 4.67. The van der Waals surface area contributed by atoms with Gasteiger partial charge in [-0.3, -0.25) is 0 Å². The Morgan fingerprint density at radius 2 is 2.25 bits per heavy atom. The lowest BCUT2D eigenvalue weighted by atomic mass is 10.2. The van der Waals surface area contributed by atoms with E-state index in [0.717, 1.165) is 0 Å². The van der Waals surface area contributed by atoms with Gasteiger partial charge in [0.2, 0.25) is 0 Å². The summed E-state index contributed by atoms with van der Waals surface area (Å²) in [5, 5.41) is 8.62. The zero-order valence-electron chi connectivity index (χ0n) is 10.7. The van der Waals surface area contributed by atoms with Crippen molar-refractivity contribution in [2.45, 2.75) is 24.6 Å². The molecule has 0 saturated carbocycles. The van der Waals surface area contributed by atoms with Crippen molar-refractivity contribution in [2.75, 3.05) is 5.75 Å². The quantitative estimate of drug-likeness (QED) is 0.922. The van der Waals surface area contributed by atoms with Gasteiger partial charge in [0.1, 0.15) is 0 Å². The first-order valence-corrected chi connectivity index (χ1v) is 8.09. The molecule has 1 saturated heterocycles. The zero-order valence-corrected chi connectivity index (χ0v) is 11.5. The largest absolute Gasteiger partial charge is 0.478 e. The predicted octanol–water partition coefficient (Wildman–Crippen LogP) is 1.31. The Labute approximate surface area is 116 Å². The summed E-state index contributed by atoms with van der Waals surface area (Å²) >= 11 is 0. The highest BCUT2D eigenvalue weighted by molar-refractivity contribution is 7.92. The van der Waals surface area contributed by atoms with Crippen LogP contribution in [0.5, 0.6) is 0 Å². The predicted molar refractivity (Wildman–Crippen MR) is 73.5 cm³/mol. The smallest absolute Gasteiger partial charge is 0.335 e. The normalized spacial score (nSPS) is 21.3. The molecule has 0 aliphatic carbocycles. The van der Waals surface area contributed by atoms with E-state index in [-0.39, 0.29) is 11.3 Å². The number of hydrogen-bond donors (Lipinski definition) is 1. The van der Waals surface area contributed by atoms with Gasteiger partial charge in [-0.2, -0.15) is 0 Å². The number of carboxylic acid groups (broad SMARTS) is 1. The lowest BCUT2D eigenvalue weighted by Crippen LogP contribution is -2.21. The second kappa shape index (κ2) is 4.59. The molecule has 6 nitrogen and oxygen atoms in total. The molecule has 1 unspecified atom stereocenters. The van der Waals surface area contributed by atoms with Crippen molar-refractivity contribution in [3.05, 3.63) is 30.1 Å². The number of rotatable bonds is 3. The summed E-state index contributed by atoms with van der Waals surface area (Å²) in [4.78, 5) is 15.2. The summed E-state index contributed by atoms with van der Waals surface area (Å²) in [5.74, 6) is -0.766. The minimum absolute atomic E-state index is 0.175. The average Bonchev–Trinajstić information content (AvgIpc) is 2.94. The van der Waals surface area contributed by atoms with Crippen molar-refractivity contribution in [3.8, 4) is 0 Å². The first-order chi connectivity index (χ1) is 9.47. The molecular weight excluding hydrogens is 280 g/mol. The van der Waals surface area contributed by atoms with Gasteiger partial charge >= 0.3 is 5.97 Å². The molecule has 0 radical (unpaired) electrons. The van der Waals surface area contributed by atoms with Crippen LogP contribution in [0.25, 0.3) is 11.0 Å². The zero-order chi connectivity index (χ0) is 14.3. The van der Waals surface area contributed by atoms with Crippen LogP contribution >= 0.6 is 0 Å². The molecule has 1 aliphatic heterocycles. The fraction of sp³-hybridized carbons (Fsp3) is 0.385. The van der Waals surface area contributed by atoms with Crippen molar-refractivity contribution < 1.29 is 18.3 Å². The van der Waals surface area contributed by atoms with E-state index in [1.165, 1.54) is 12.1 Å². The summed E-state index contributed by atoms with van der Waals surface area (Å²) in [6.45, 7) is 0.335. The van der Waals surface area contributed by atoms with E-state index < -0.39 is 21.1 Å². The van der Waals surface area contributed by atoms with Crippen LogP contribution in [0.2, 0.25) is 0 Å². The molecule has 1 atom stereocenters. The molecule has 1 N–H and O–H groups in total. The Morgan fingerprint density at radius 1 is 1.45 bits per heavy atom. The molecule has 2 heterocycles. The molecule has 7 heteroatoms. The summed E-state index contributed by atoms with van der Waals surface area (Å²) < 4.78 is 25.5. The van der Waals surface area contributed by atoms with Gasteiger partial charge in [0.15, 0.2) is 9.84 Å². The number of fused-ring (bicyclic) bond motifs is 1. The van der Waals surface area contributed by atoms with E-state index in [1.54, 1.807) is 17.0 Å². The molecule has 0 spiro atoms. The van der Waals surface area contributed by atoms with Crippen molar-refractivity contribution in [1.29, 1.82) is 0 Å². The van der Waals surface area contributed by atoms with Gasteiger partial charge in [0.25, 0.3) is 0 Å². The number of aromatic nitrogens is 2. The maximum Gasteiger partial charge on any atom is 0.335 e. The molecule has 3 rings (SSSR count). The number of hydrogen-bond acceptors (Lipinski definition) is 4. The minimum atomic E-state index is -3.02. The Hall–Kier alpha value is -1.89. The fourth-order valence-electron chi connectivity index (χ4n) is 2.62. The van der Waals surface area contributed by atoms with Crippen LogP contribution in [0.1, 0.15) is 23.2 Å². The van der Waals surface area contributed by atoms with E-state index in [4.69, 9.17) is 5.11 Å². The summed E-state index contributed by atoms with van der Waals surface area (Å²) in [5.41, 5.74) is 1.51. The summed E-state index contributed by atoms with van der Waals surface area (Å²) in [6.07, 6.45) is 2.92. The number of imidazole rings is 1. The van der Waals surface area contributed by atoms with E-state index in [9.17, 15) is 13.2 Å². The molecule has 1 aliphatic rings. The molecule has 106 valence electrons. The highest BCUT2D eigenvalue weighted by Crippen LogP contribution is 2.23. The highest BCUT2D eigenvalue weighted by atomic mass is 32.2. The summed E-state index contributed by atoms with van der Waals surface area (Å²) in [7, 11) is -3.02. The Bertz CT molecular complexity index is 779. The first-order valence-electron chi connectivity index (χ1n) is 6.37. The van der Waals surface area contributed by atoms with Gasteiger partial charge in [-0.1, -0.05) is 0 Å². The Kier molecular flexibility index (Phi) is 3.01. The van der Waals surface area contributed by atoms with Crippen molar-refractivity contribution >= 4 is 26.8 Å². The molecule has 2 aromatic rings. The van der Waals surface area contributed by atoms with Crippen molar-refractivity contribution in [2.24, 2.45) is 0 Å². The number of aromatic carboxylic acids is 1. The van der Waals surface area contributed by atoms with E-state index in [2.05, 4.69) is 4.98 Å². The Balaban J connectivity index is 1.99. The molecule has 1 aromatic carbocycles. The Morgan fingerprint density at radius 3 is 2.90 bits per heavy atom. The number of benzene rings is 1. The van der Waals surface area contributed by atoms with E-state index in [0.29, 0.717) is 30.4 Å². The topological polar surface area (TPSA) is 89.3 Å². The average molecular weight is 294 g/mol. The molecule has 0 amide bonds. The lowest BCUT2D eigenvalue weighted by molar-refractivity contribution is 0.0697. The third-order valence-electron chi connectivity index (χ3n) is 3.73. The third-order valence-corrected chi connectivity index (χ3v) is 5.99. The standard InChI is InChI=1S/C13H14N2O4S/c16-13(17)9-3-4-11-12(6-9)15(8-14-11)7-10-2-1-5-20(10,18)19/h3-4,6,8,10H,1-2,5,7H2,(H,16,17). The second-order valence-electron chi connectivity index (χ2n) is 5.04.